The molecule has 1 heterocycles. The van der Waals surface area contributed by atoms with Crippen molar-refractivity contribution in [3.8, 4) is 17.6 Å². The molecule has 0 bridgehead atoms. The predicted octanol–water partition coefficient (Wildman–Crippen LogP) is 6.16. The molecule has 5 nitrogen and oxygen atoms in total. The average Bonchev–Trinajstić information content (AvgIpc) is 3.62. The second kappa shape index (κ2) is 9.84. The van der Waals surface area contributed by atoms with Crippen LogP contribution in [0.2, 0.25) is 0 Å². The lowest BCUT2D eigenvalue weighted by Crippen LogP contribution is -2.27. The van der Waals surface area contributed by atoms with Crippen molar-refractivity contribution in [3.63, 3.8) is 0 Å². The van der Waals surface area contributed by atoms with Gasteiger partial charge in [0.25, 0.3) is 0 Å². The van der Waals surface area contributed by atoms with Crippen LogP contribution in [0.25, 0.3) is 0 Å². The molecule has 0 unspecified atom stereocenters. The van der Waals surface area contributed by atoms with Gasteiger partial charge in [-0.05, 0) is 67.1 Å². The molecular weight excluding hydrogens is 436 g/mol. The minimum absolute atomic E-state index is 0.0151. The lowest BCUT2D eigenvalue weighted by atomic mass is 9.87. The summed E-state index contributed by atoms with van der Waals surface area (Å²) in [6, 6.07) is 23.8. The number of unbranched alkanes of at least 4 members (excludes halogenated alkanes) is 1. The van der Waals surface area contributed by atoms with Gasteiger partial charge in [-0.2, -0.15) is 5.26 Å². The largest absolute Gasteiger partial charge is 0.493 e. The molecule has 3 aromatic carbocycles. The van der Waals surface area contributed by atoms with Crippen molar-refractivity contribution in [3.05, 3.63) is 89.0 Å². The Morgan fingerprint density at radius 1 is 1.17 bits per heavy atom. The van der Waals surface area contributed by atoms with Crippen LogP contribution in [-0.2, 0) is 23.2 Å². The first-order chi connectivity index (χ1) is 17.1. The third-order valence-electron chi connectivity index (χ3n) is 7.23. The van der Waals surface area contributed by atoms with Crippen LogP contribution in [0, 0.1) is 17.2 Å². The first kappa shape index (κ1) is 23.0. The topological polar surface area (TPSA) is 71.4 Å². The maximum atomic E-state index is 13.4. The SMILES string of the molecule is CCCCc1ccc(C#N)cc1NC(=O)[C@@H]1C[C@]12CCOc1ccc(OCc3ccccc3)cc12. The normalized spacial score (nSPS) is 19.8. The number of nitrogens with zero attached hydrogens (tertiary/aromatic N) is 1. The minimum Gasteiger partial charge on any atom is -0.493 e. The number of rotatable bonds is 8. The highest BCUT2D eigenvalue weighted by atomic mass is 16.5. The molecule has 35 heavy (non-hydrogen) atoms. The van der Waals surface area contributed by atoms with E-state index < -0.39 is 0 Å². The zero-order valence-electron chi connectivity index (χ0n) is 20.0. The summed E-state index contributed by atoms with van der Waals surface area (Å²) in [6.07, 6.45) is 4.59. The van der Waals surface area contributed by atoms with Crippen LogP contribution in [0.3, 0.4) is 0 Å². The van der Waals surface area contributed by atoms with Gasteiger partial charge in [-0.15, -0.1) is 0 Å². The van der Waals surface area contributed by atoms with Crippen LogP contribution >= 0.6 is 0 Å². The Bertz CT molecular complexity index is 1260. The van der Waals surface area contributed by atoms with Gasteiger partial charge in [-0.3, -0.25) is 4.79 Å². The first-order valence-electron chi connectivity index (χ1n) is 12.4. The van der Waals surface area contributed by atoms with E-state index in [4.69, 9.17) is 9.47 Å². The van der Waals surface area contributed by atoms with Gasteiger partial charge in [-0.25, -0.2) is 0 Å². The summed E-state index contributed by atoms with van der Waals surface area (Å²) < 4.78 is 12.0. The van der Waals surface area contributed by atoms with Gasteiger partial charge >= 0.3 is 0 Å². The Balaban J connectivity index is 1.34. The summed E-state index contributed by atoms with van der Waals surface area (Å²) in [4.78, 5) is 13.4. The van der Waals surface area contributed by atoms with Crippen molar-refractivity contribution < 1.29 is 14.3 Å². The zero-order valence-corrected chi connectivity index (χ0v) is 20.0. The lowest BCUT2D eigenvalue weighted by Gasteiger charge is -2.27. The molecule has 3 aromatic rings. The summed E-state index contributed by atoms with van der Waals surface area (Å²) in [5.74, 6) is 1.52. The molecule has 1 saturated carbocycles. The molecule has 2 aliphatic rings. The summed E-state index contributed by atoms with van der Waals surface area (Å²) in [5, 5.41) is 12.5. The minimum atomic E-state index is -0.222. The Morgan fingerprint density at radius 3 is 2.83 bits per heavy atom. The molecule has 1 fully saturated rings. The highest BCUT2D eigenvalue weighted by Gasteiger charge is 2.61. The van der Waals surface area contributed by atoms with Gasteiger partial charge in [0.2, 0.25) is 5.91 Å². The Hall–Kier alpha value is -3.78. The van der Waals surface area contributed by atoms with E-state index >= 15 is 0 Å². The molecule has 1 N–H and O–H groups in total. The third kappa shape index (κ3) is 4.74. The van der Waals surface area contributed by atoms with Gasteiger partial charge in [0.1, 0.15) is 18.1 Å². The Morgan fingerprint density at radius 2 is 2.03 bits per heavy atom. The van der Waals surface area contributed by atoms with E-state index in [-0.39, 0.29) is 17.2 Å². The summed E-state index contributed by atoms with van der Waals surface area (Å²) >= 11 is 0. The molecule has 1 aliphatic carbocycles. The van der Waals surface area contributed by atoms with Crippen LogP contribution in [0.4, 0.5) is 5.69 Å². The van der Waals surface area contributed by atoms with Crippen molar-refractivity contribution in [2.45, 2.75) is 51.0 Å². The van der Waals surface area contributed by atoms with Gasteiger partial charge < -0.3 is 14.8 Å². The standard InChI is InChI=1S/C30H30N2O3/c1-2-3-9-23-11-10-22(19-31)16-27(23)32-29(33)26-18-30(26)14-15-34-28-13-12-24(17-25(28)30)35-20-21-7-5-4-6-8-21/h4-8,10-13,16-17,26H,2-3,9,14-15,18,20H2,1H3,(H,32,33)/t26-,30-/m0/s1. The molecule has 5 heteroatoms. The van der Waals surface area contributed by atoms with E-state index in [0.717, 1.165) is 66.0 Å². The number of aryl methyl sites for hydroxylation is 1. The molecule has 5 rings (SSSR count). The number of nitrogens with one attached hydrogen (secondary N) is 1. The van der Waals surface area contributed by atoms with Crippen LogP contribution in [0.1, 0.15) is 54.9 Å². The van der Waals surface area contributed by atoms with Crippen LogP contribution in [0.5, 0.6) is 11.5 Å². The number of carbonyl (C=O) groups excluding carboxylic acids is 1. The van der Waals surface area contributed by atoms with Crippen LogP contribution in [0.15, 0.2) is 66.7 Å². The molecule has 2 atom stereocenters. The molecule has 0 saturated heterocycles. The number of amides is 1. The molecule has 0 radical (unpaired) electrons. The third-order valence-corrected chi connectivity index (χ3v) is 7.23. The molecular formula is C30H30N2O3. The van der Waals surface area contributed by atoms with Gasteiger partial charge in [0.05, 0.1) is 18.2 Å². The number of hydrogen-bond donors (Lipinski definition) is 1. The average molecular weight is 467 g/mol. The highest BCUT2D eigenvalue weighted by molar-refractivity contribution is 5.97. The van der Waals surface area contributed by atoms with E-state index in [1.54, 1.807) is 6.07 Å². The van der Waals surface area contributed by atoms with Crippen LogP contribution in [-0.4, -0.2) is 12.5 Å². The molecule has 1 amide bonds. The second-order valence-corrected chi connectivity index (χ2v) is 9.52. The number of hydrogen-bond acceptors (Lipinski definition) is 4. The zero-order chi connectivity index (χ0) is 24.3. The van der Waals surface area contributed by atoms with E-state index in [9.17, 15) is 10.1 Å². The number of fused-ring (bicyclic) bond motifs is 2. The summed E-state index contributed by atoms with van der Waals surface area (Å²) in [6.45, 7) is 3.25. The fourth-order valence-corrected chi connectivity index (χ4v) is 5.12. The number of ether oxygens (including phenoxy) is 2. The molecule has 0 aromatic heterocycles. The van der Waals surface area contributed by atoms with Crippen molar-refractivity contribution in [1.82, 2.24) is 0 Å². The van der Waals surface area contributed by atoms with Crippen molar-refractivity contribution in [1.29, 1.82) is 5.26 Å². The van der Waals surface area contributed by atoms with Crippen molar-refractivity contribution in [2.24, 2.45) is 5.92 Å². The quantitative estimate of drug-likeness (QED) is 0.432. The summed E-state index contributed by atoms with van der Waals surface area (Å²) in [5.41, 5.74) is 4.35. The fourth-order valence-electron chi connectivity index (χ4n) is 5.12. The van der Waals surface area contributed by atoms with Crippen LogP contribution < -0.4 is 14.8 Å². The van der Waals surface area contributed by atoms with Crippen molar-refractivity contribution >= 4 is 11.6 Å². The van der Waals surface area contributed by atoms with Gasteiger partial charge in [0.15, 0.2) is 0 Å². The fraction of sp³-hybridized carbons (Fsp3) is 0.333. The monoisotopic (exact) mass is 466 g/mol. The first-order valence-corrected chi connectivity index (χ1v) is 12.4. The molecule has 178 valence electrons. The molecule has 1 aliphatic heterocycles. The maximum Gasteiger partial charge on any atom is 0.228 e. The predicted molar refractivity (Wildman–Crippen MR) is 136 cm³/mol. The second-order valence-electron chi connectivity index (χ2n) is 9.52. The summed E-state index contributed by atoms with van der Waals surface area (Å²) in [7, 11) is 0. The maximum absolute atomic E-state index is 13.4. The van der Waals surface area contributed by atoms with E-state index in [1.165, 1.54) is 0 Å². The molecule has 1 spiro atoms. The number of carbonyl (C=O) groups is 1. The van der Waals surface area contributed by atoms with E-state index in [0.29, 0.717) is 18.8 Å². The van der Waals surface area contributed by atoms with Crippen molar-refractivity contribution in [2.75, 3.05) is 11.9 Å². The van der Waals surface area contributed by atoms with Gasteiger partial charge in [0, 0.05) is 22.6 Å². The lowest BCUT2D eigenvalue weighted by molar-refractivity contribution is -0.117. The number of benzene rings is 3. The Kier molecular flexibility index (Phi) is 6.46. The highest BCUT2D eigenvalue weighted by Crippen LogP contribution is 2.61. The van der Waals surface area contributed by atoms with Gasteiger partial charge in [-0.1, -0.05) is 49.7 Å². The number of anilines is 1. The van der Waals surface area contributed by atoms with E-state index in [1.807, 2.05) is 60.7 Å². The number of nitriles is 1. The smallest absolute Gasteiger partial charge is 0.228 e. The Labute approximate surface area is 206 Å². The van der Waals surface area contributed by atoms with E-state index in [2.05, 4.69) is 18.3 Å².